The summed E-state index contributed by atoms with van der Waals surface area (Å²) in [4.78, 5) is 7.07. The Hall–Kier alpha value is -3.41. The first-order valence-corrected chi connectivity index (χ1v) is 16.3. The van der Waals surface area contributed by atoms with Crippen LogP contribution in [0.25, 0.3) is 87.6 Å². The van der Waals surface area contributed by atoms with Crippen molar-refractivity contribution in [1.29, 1.82) is 0 Å². The smallest absolute Gasteiger partial charge is 0.170 e. The van der Waals surface area contributed by atoms with Crippen LogP contribution in [0.3, 0.4) is 0 Å². The fourth-order valence-corrected chi connectivity index (χ4v) is 12.0. The highest BCUT2D eigenvalue weighted by atomic mass is 32.1. The van der Waals surface area contributed by atoms with E-state index < -0.39 is 0 Å². The maximum atomic E-state index is 9.91. The van der Waals surface area contributed by atoms with E-state index >= 15 is 0 Å². The molecule has 0 radical (unpaired) electrons. The van der Waals surface area contributed by atoms with Gasteiger partial charge in [0, 0.05) is 21.3 Å². The van der Waals surface area contributed by atoms with Gasteiger partial charge in [-0.2, -0.15) is 0 Å². The summed E-state index contributed by atoms with van der Waals surface area (Å²) in [6.07, 6.45) is 0. The van der Waals surface area contributed by atoms with E-state index in [-0.39, 0.29) is 5.75 Å². The number of rotatable bonds is 1. The minimum absolute atomic E-state index is 0.257. The van der Waals surface area contributed by atoms with Crippen LogP contribution in [0.5, 0.6) is 5.75 Å². The second-order valence-electron chi connectivity index (χ2n) is 9.80. The van der Waals surface area contributed by atoms with E-state index in [2.05, 4.69) is 36.6 Å². The van der Waals surface area contributed by atoms with Crippen molar-refractivity contribution in [3.8, 4) is 11.4 Å². The van der Waals surface area contributed by atoms with Crippen LogP contribution in [-0.4, -0.2) is 14.7 Å². The van der Waals surface area contributed by atoms with Gasteiger partial charge in [0.05, 0.1) is 43.4 Å². The molecule has 0 aliphatic heterocycles. The van der Waals surface area contributed by atoms with Crippen molar-refractivity contribution in [1.82, 2.24) is 9.55 Å². The number of hydrogen-bond donors (Lipinski definition) is 1. The fraction of sp³-hybridized carbons (Fsp3) is 0.0690. The zero-order valence-corrected chi connectivity index (χ0v) is 24.3. The quantitative estimate of drug-likeness (QED) is 0.204. The van der Waals surface area contributed by atoms with E-state index in [1.165, 1.54) is 38.6 Å². The van der Waals surface area contributed by atoms with Crippen molar-refractivity contribution in [2.24, 2.45) is 0 Å². The SMILES string of the molecule is Cc1cc2c(s1)c1sc3c4cc5oc6c(sc7c8sc(C)nc8sc67)c5cc4oc3c1n2-c1ccc(O)cc1. The summed E-state index contributed by atoms with van der Waals surface area (Å²) < 4.78 is 24.0. The minimum atomic E-state index is 0.257. The molecule has 188 valence electrons. The molecule has 1 N–H and O–H groups in total. The van der Waals surface area contributed by atoms with Crippen LogP contribution in [-0.2, 0) is 0 Å². The van der Waals surface area contributed by atoms with E-state index in [1.54, 1.807) is 57.5 Å². The second-order valence-corrected chi connectivity index (χ2v) is 15.3. The summed E-state index contributed by atoms with van der Waals surface area (Å²) in [5.74, 6) is 0.257. The monoisotopic (exact) mass is 598 g/mol. The van der Waals surface area contributed by atoms with E-state index in [9.17, 15) is 5.11 Å². The van der Waals surface area contributed by atoms with Gasteiger partial charge in [-0.3, -0.25) is 0 Å². The van der Waals surface area contributed by atoms with Gasteiger partial charge in [-0.15, -0.1) is 56.7 Å². The van der Waals surface area contributed by atoms with Crippen LogP contribution < -0.4 is 0 Å². The molecule has 0 saturated carbocycles. The Morgan fingerprint density at radius 2 is 1.41 bits per heavy atom. The zero-order chi connectivity index (χ0) is 25.7. The number of furan rings is 2. The van der Waals surface area contributed by atoms with Gasteiger partial charge in [0.15, 0.2) is 11.2 Å². The van der Waals surface area contributed by atoms with Gasteiger partial charge in [0.1, 0.15) is 27.3 Å². The highest BCUT2D eigenvalue weighted by Crippen LogP contribution is 2.52. The van der Waals surface area contributed by atoms with Crippen LogP contribution >= 0.6 is 56.7 Å². The second kappa shape index (κ2) is 7.01. The first kappa shape index (κ1) is 21.4. The molecule has 0 atom stereocenters. The Labute approximate surface area is 238 Å². The van der Waals surface area contributed by atoms with Gasteiger partial charge >= 0.3 is 0 Å². The number of phenols is 1. The Balaban J connectivity index is 1.29. The number of thiophene rings is 4. The molecule has 0 spiro atoms. The maximum absolute atomic E-state index is 9.91. The molecule has 39 heavy (non-hydrogen) atoms. The first-order chi connectivity index (χ1) is 19.0. The highest BCUT2D eigenvalue weighted by Gasteiger charge is 2.26. The fourth-order valence-electron chi connectivity index (χ4n) is 5.79. The van der Waals surface area contributed by atoms with Crippen LogP contribution in [0, 0.1) is 13.8 Å². The molecular weight excluding hydrogens is 585 g/mol. The van der Waals surface area contributed by atoms with E-state index in [4.69, 9.17) is 13.8 Å². The van der Waals surface area contributed by atoms with Crippen LogP contribution in [0.1, 0.15) is 9.88 Å². The summed E-state index contributed by atoms with van der Waals surface area (Å²) in [5, 5.41) is 13.2. The lowest BCUT2D eigenvalue weighted by Crippen LogP contribution is -1.92. The summed E-state index contributed by atoms with van der Waals surface area (Å²) in [6.45, 7) is 4.21. The van der Waals surface area contributed by atoms with Crippen LogP contribution in [0.15, 0.2) is 51.3 Å². The van der Waals surface area contributed by atoms with Gasteiger partial charge in [-0.05, 0) is 56.3 Å². The molecule has 5 nitrogen and oxygen atoms in total. The number of hydrogen-bond acceptors (Lipinski definition) is 9. The van der Waals surface area contributed by atoms with E-state index in [0.29, 0.717) is 0 Å². The normalized spacial score (nSPS) is 13.0. The molecule has 0 amide bonds. The van der Waals surface area contributed by atoms with Gasteiger partial charge in [0.2, 0.25) is 0 Å². The molecule has 0 bridgehead atoms. The maximum Gasteiger partial charge on any atom is 0.170 e. The number of aromatic nitrogens is 2. The molecule has 0 saturated heterocycles. The molecule has 8 heterocycles. The molecule has 10 aromatic rings. The standard InChI is InChI=1S/C29H14N2O3S5/c1-10-7-16-24(35-10)25-19(31(16)12-3-5-13(32)6-4-12)20-22(37-25)14-8-18-15(9-17(14)33-20)23-21(34-18)26-27(38-23)28-29(39-26)30-11(2)36-28/h3-9,32H,1-2H3. The van der Waals surface area contributed by atoms with Crippen molar-refractivity contribution >= 4 is 139 Å². The van der Waals surface area contributed by atoms with E-state index in [0.717, 1.165) is 58.8 Å². The third kappa shape index (κ3) is 2.61. The largest absolute Gasteiger partial charge is 0.508 e. The highest BCUT2D eigenvalue weighted by molar-refractivity contribution is 7.41. The van der Waals surface area contributed by atoms with Crippen molar-refractivity contribution in [2.45, 2.75) is 13.8 Å². The third-order valence-corrected chi connectivity index (χ3v) is 13.5. The molecule has 2 aromatic carbocycles. The lowest BCUT2D eigenvalue weighted by Gasteiger charge is -2.06. The summed E-state index contributed by atoms with van der Waals surface area (Å²) in [7, 11) is 0. The molecule has 0 aliphatic carbocycles. The molecule has 10 heteroatoms. The number of benzene rings is 2. The van der Waals surface area contributed by atoms with Crippen molar-refractivity contribution in [3.63, 3.8) is 0 Å². The topological polar surface area (TPSA) is 64.3 Å². The number of phenolic OH excluding ortho intramolecular Hbond substituents is 1. The van der Waals surface area contributed by atoms with Gasteiger partial charge in [-0.25, -0.2) is 4.98 Å². The number of nitrogens with zero attached hydrogens (tertiary/aromatic N) is 2. The molecule has 0 aliphatic rings. The number of fused-ring (bicyclic) bond motifs is 14. The van der Waals surface area contributed by atoms with Crippen LogP contribution in [0.2, 0.25) is 0 Å². The van der Waals surface area contributed by atoms with Crippen LogP contribution in [0.4, 0.5) is 0 Å². The lowest BCUT2D eigenvalue weighted by atomic mass is 10.2. The summed E-state index contributed by atoms with van der Waals surface area (Å²) >= 11 is 8.89. The summed E-state index contributed by atoms with van der Waals surface area (Å²) in [6, 6.07) is 13.9. The summed E-state index contributed by atoms with van der Waals surface area (Å²) in [5.41, 5.74) is 6.90. The predicted octanol–water partition coefficient (Wildman–Crippen LogP) is 10.9. The van der Waals surface area contributed by atoms with Gasteiger partial charge < -0.3 is 18.5 Å². The zero-order valence-electron chi connectivity index (χ0n) is 20.2. The predicted molar refractivity (Wildman–Crippen MR) is 169 cm³/mol. The Kier molecular flexibility index (Phi) is 3.85. The molecule has 0 fully saturated rings. The third-order valence-electron chi connectivity index (χ3n) is 7.38. The first-order valence-electron chi connectivity index (χ1n) is 12.3. The van der Waals surface area contributed by atoms with Crippen molar-refractivity contribution < 1.29 is 13.9 Å². The van der Waals surface area contributed by atoms with Crippen molar-refractivity contribution in [3.05, 3.63) is 52.3 Å². The molecule has 10 rings (SSSR count). The van der Waals surface area contributed by atoms with E-state index in [1.807, 2.05) is 23.5 Å². The number of aryl methyl sites for hydroxylation is 2. The number of aromatic hydroxyl groups is 1. The molecule has 8 aromatic heterocycles. The number of thiazole rings is 1. The average molecular weight is 599 g/mol. The molecule has 0 unspecified atom stereocenters. The average Bonchev–Trinajstić information content (AvgIpc) is 3.74. The molecular formula is C29H14N2O3S5. The van der Waals surface area contributed by atoms with Gasteiger partial charge in [-0.1, -0.05) is 0 Å². The minimum Gasteiger partial charge on any atom is -0.508 e. The Morgan fingerprint density at radius 1 is 0.692 bits per heavy atom. The Morgan fingerprint density at radius 3 is 2.21 bits per heavy atom. The van der Waals surface area contributed by atoms with Gasteiger partial charge in [0.25, 0.3) is 0 Å². The lowest BCUT2D eigenvalue weighted by molar-refractivity contribution is 0.475. The van der Waals surface area contributed by atoms with Crippen molar-refractivity contribution in [2.75, 3.05) is 0 Å². The Bertz CT molecular complexity index is 2640.